The van der Waals surface area contributed by atoms with Crippen LogP contribution in [0.5, 0.6) is 0 Å². The van der Waals surface area contributed by atoms with Crippen molar-refractivity contribution in [2.24, 2.45) is 5.92 Å². The summed E-state index contributed by atoms with van der Waals surface area (Å²) in [6, 6.07) is -0.127. The Morgan fingerprint density at radius 1 is 1.47 bits per heavy atom. The molecule has 2 amide bonds. The number of aromatic amines is 1. The van der Waals surface area contributed by atoms with Gasteiger partial charge in [0, 0.05) is 25.7 Å². The highest BCUT2D eigenvalue weighted by Gasteiger charge is 2.23. The van der Waals surface area contributed by atoms with Gasteiger partial charge in [0.05, 0.1) is 11.9 Å². The van der Waals surface area contributed by atoms with E-state index in [1.807, 2.05) is 0 Å². The maximum Gasteiger partial charge on any atom is 0.321 e. The van der Waals surface area contributed by atoms with Crippen molar-refractivity contribution in [1.29, 1.82) is 0 Å². The van der Waals surface area contributed by atoms with E-state index < -0.39 is 5.97 Å². The molecule has 0 spiro atoms. The van der Waals surface area contributed by atoms with Crippen LogP contribution in [0, 0.1) is 5.92 Å². The molecule has 3 N–H and O–H groups in total. The van der Waals surface area contributed by atoms with Gasteiger partial charge in [-0.05, 0) is 25.2 Å². The van der Waals surface area contributed by atoms with Crippen LogP contribution < -0.4 is 5.32 Å². The number of likely N-dealkylation sites (tertiary alicyclic amines) is 1. The van der Waals surface area contributed by atoms with Gasteiger partial charge in [0.25, 0.3) is 0 Å². The Balaban J connectivity index is 1.73. The van der Waals surface area contributed by atoms with Gasteiger partial charge in [0.15, 0.2) is 0 Å². The van der Waals surface area contributed by atoms with E-state index in [1.165, 1.54) is 0 Å². The Morgan fingerprint density at radius 2 is 2.21 bits per heavy atom. The van der Waals surface area contributed by atoms with Crippen LogP contribution in [0.2, 0.25) is 0 Å². The fourth-order valence-electron chi connectivity index (χ4n) is 2.27. The molecular weight excluding hydrogens is 248 g/mol. The number of anilines is 1. The molecule has 0 saturated carbocycles. The first-order valence-corrected chi connectivity index (χ1v) is 6.41. The van der Waals surface area contributed by atoms with Crippen molar-refractivity contribution in [3.05, 3.63) is 12.4 Å². The first-order chi connectivity index (χ1) is 9.15. The summed E-state index contributed by atoms with van der Waals surface area (Å²) in [5.74, 6) is -0.339. The van der Waals surface area contributed by atoms with Gasteiger partial charge >= 0.3 is 12.0 Å². The van der Waals surface area contributed by atoms with Gasteiger partial charge in [-0.2, -0.15) is 5.10 Å². The largest absolute Gasteiger partial charge is 0.481 e. The number of carboxylic acids is 1. The third-order valence-corrected chi connectivity index (χ3v) is 3.42. The SMILES string of the molecule is O=C(O)CCC1CCN(C(=O)Nc2cn[nH]c2)CC1. The van der Waals surface area contributed by atoms with Crippen LogP contribution in [-0.4, -0.2) is 45.3 Å². The Kier molecular flexibility index (Phi) is 4.38. The van der Waals surface area contributed by atoms with Crippen LogP contribution in [0.1, 0.15) is 25.7 Å². The highest BCUT2D eigenvalue weighted by atomic mass is 16.4. The Morgan fingerprint density at radius 3 is 2.79 bits per heavy atom. The number of carboxylic acid groups (broad SMARTS) is 1. The van der Waals surface area contributed by atoms with E-state index >= 15 is 0 Å². The number of aliphatic carboxylic acids is 1. The number of urea groups is 1. The number of piperidine rings is 1. The number of nitrogens with one attached hydrogen (secondary N) is 2. The van der Waals surface area contributed by atoms with Gasteiger partial charge in [-0.15, -0.1) is 0 Å². The van der Waals surface area contributed by atoms with E-state index in [4.69, 9.17) is 5.11 Å². The average Bonchev–Trinajstić information content (AvgIpc) is 2.89. The number of rotatable bonds is 4. The number of amides is 2. The predicted molar refractivity (Wildman–Crippen MR) is 68.8 cm³/mol. The van der Waals surface area contributed by atoms with Crippen molar-refractivity contribution in [3.63, 3.8) is 0 Å². The second-order valence-electron chi connectivity index (χ2n) is 4.78. The minimum atomic E-state index is -0.750. The molecule has 1 aliphatic heterocycles. The normalized spacial score (nSPS) is 16.3. The molecule has 0 atom stereocenters. The monoisotopic (exact) mass is 266 g/mol. The molecule has 0 unspecified atom stereocenters. The van der Waals surface area contributed by atoms with Crippen molar-refractivity contribution >= 4 is 17.7 Å². The second kappa shape index (κ2) is 6.21. The molecule has 7 heteroatoms. The summed E-state index contributed by atoms with van der Waals surface area (Å²) in [7, 11) is 0. The summed E-state index contributed by atoms with van der Waals surface area (Å²) in [5.41, 5.74) is 0.651. The summed E-state index contributed by atoms with van der Waals surface area (Å²) in [5, 5.41) is 17.8. The van der Waals surface area contributed by atoms with Crippen LogP contribution in [0.25, 0.3) is 0 Å². The lowest BCUT2D eigenvalue weighted by atomic mass is 9.92. The van der Waals surface area contributed by atoms with Gasteiger partial charge < -0.3 is 15.3 Å². The Bertz CT molecular complexity index is 424. The molecule has 1 aromatic rings. The van der Waals surface area contributed by atoms with Gasteiger partial charge in [-0.3, -0.25) is 9.89 Å². The molecule has 0 bridgehead atoms. The van der Waals surface area contributed by atoms with Crippen LogP contribution >= 0.6 is 0 Å². The summed E-state index contributed by atoms with van der Waals surface area (Å²) < 4.78 is 0. The molecule has 2 rings (SSSR count). The fourth-order valence-corrected chi connectivity index (χ4v) is 2.27. The maximum absolute atomic E-state index is 11.9. The van der Waals surface area contributed by atoms with E-state index in [9.17, 15) is 9.59 Å². The smallest absolute Gasteiger partial charge is 0.321 e. The second-order valence-corrected chi connectivity index (χ2v) is 4.78. The van der Waals surface area contributed by atoms with Gasteiger partial charge in [-0.25, -0.2) is 4.79 Å². The van der Waals surface area contributed by atoms with Crippen molar-refractivity contribution < 1.29 is 14.7 Å². The lowest BCUT2D eigenvalue weighted by molar-refractivity contribution is -0.137. The zero-order chi connectivity index (χ0) is 13.7. The first kappa shape index (κ1) is 13.4. The van der Waals surface area contributed by atoms with Crippen LogP contribution in [-0.2, 0) is 4.79 Å². The number of aromatic nitrogens is 2. The van der Waals surface area contributed by atoms with Gasteiger partial charge in [0.1, 0.15) is 0 Å². The van der Waals surface area contributed by atoms with Crippen molar-refractivity contribution in [1.82, 2.24) is 15.1 Å². The van der Waals surface area contributed by atoms with E-state index in [1.54, 1.807) is 17.3 Å². The summed E-state index contributed by atoms with van der Waals surface area (Å²) in [6.07, 6.45) is 5.83. The summed E-state index contributed by atoms with van der Waals surface area (Å²) >= 11 is 0. The quantitative estimate of drug-likeness (QED) is 0.769. The number of hydrogen-bond acceptors (Lipinski definition) is 3. The summed E-state index contributed by atoms with van der Waals surface area (Å²) in [4.78, 5) is 24.2. The van der Waals surface area contributed by atoms with Crippen LogP contribution in [0.3, 0.4) is 0 Å². The van der Waals surface area contributed by atoms with Gasteiger partial charge in [0.2, 0.25) is 0 Å². The molecule has 104 valence electrons. The third kappa shape index (κ3) is 3.97. The topological polar surface area (TPSA) is 98.3 Å². The van der Waals surface area contributed by atoms with Crippen molar-refractivity contribution in [3.8, 4) is 0 Å². The Hall–Kier alpha value is -2.05. The minimum Gasteiger partial charge on any atom is -0.481 e. The molecule has 19 heavy (non-hydrogen) atoms. The number of hydrogen-bond donors (Lipinski definition) is 3. The molecule has 1 fully saturated rings. The first-order valence-electron chi connectivity index (χ1n) is 6.41. The molecule has 7 nitrogen and oxygen atoms in total. The standard InChI is InChI=1S/C12H18N4O3/c17-11(18)2-1-9-3-5-16(6-4-9)12(19)15-10-7-13-14-8-10/h7-9H,1-6H2,(H,13,14)(H,15,19)(H,17,18). The number of H-pyrrole nitrogens is 1. The molecule has 1 aromatic heterocycles. The zero-order valence-corrected chi connectivity index (χ0v) is 10.6. The van der Waals surface area contributed by atoms with Crippen molar-refractivity contribution in [2.75, 3.05) is 18.4 Å². The molecule has 0 radical (unpaired) electrons. The molecule has 1 saturated heterocycles. The van der Waals surface area contributed by atoms with E-state index in [0.29, 0.717) is 31.1 Å². The van der Waals surface area contributed by atoms with Crippen LogP contribution in [0.15, 0.2) is 12.4 Å². The zero-order valence-electron chi connectivity index (χ0n) is 10.6. The molecular formula is C12H18N4O3. The molecule has 2 heterocycles. The van der Waals surface area contributed by atoms with E-state index in [2.05, 4.69) is 15.5 Å². The number of nitrogens with zero attached hydrogens (tertiary/aromatic N) is 2. The van der Waals surface area contributed by atoms with E-state index in [-0.39, 0.29) is 12.5 Å². The minimum absolute atomic E-state index is 0.127. The summed E-state index contributed by atoms with van der Waals surface area (Å²) in [6.45, 7) is 1.35. The highest BCUT2D eigenvalue weighted by molar-refractivity contribution is 5.89. The van der Waals surface area contributed by atoms with Crippen LogP contribution in [0.4, 0.5) is 10.5 Å². The number of carbonyl (C=O) groups is 2. The molecule has 0 aliphatic carbocycles. The number of carbonyl (C=O) groups excluding carboxylic acids is 1. The lowest BCUT2D eigenvalue weighted by Gasteiger charge is -2.31. The third-order valence-electron chi connectivity index (χ3n) is 3.42. The van der Waals surface area contributed by atoms with E-state index in [0.717, 1.165) is 12.8 Å². The van der Waals surface area contributed by atoms with Crippen molar-refractivity contribution in [2.45, 2.75) is 25.7 Å². The Labute approximate surface area is 111 Å². The predicted octanol–water partition coefficient (Wildman–Crippen LogP) is 1.52. The fraction of sp³-hybridized carbons (Fsp3) is 0.583. The lowest BCUT2D eigenvalue weighted by Crippen LogP contribution is -2.41. The average molecular weight is 266 g/mol. The maximum atomic E-state index is 11.9. The molecule has 1 aliphatic rings. The highest BCUT2D eigenvalue weighted by Crippen LogP contribution is 2.22. The van der Waals surface area contributed by atoms with Gasteiger partial charge in [-0.1, -0.05) is 0 Å². The molecule has 0 aromatic carbocycles.